The predicted octanol–water partition coefficient (Wildman–Crippen LogP) is 0.886. The number of benzene rings is 2. The quantitative estimate of drug-likeness (QED) is 0.671. The van der Waals surface area contributed by atoms with Crippen molar-refractivity contribution in [1.82, 2.24) is 9.62 Å². The molecule has 0 bridgehead atoms. The maximum Gasteiger partial charge on any atom is 0.275 e. The summed E-state index contributed by atoms with van der Waals surface area (Å²) < 4.78 is 26.9. The van der Waals surface area contributed by atoms with Crippen LogP contribution in [0.4, 0.5) is 0 Å². The fraction of sp³-hybridized carbons (Fsp3) is 0.409. The van der Waals surface area contributed by atoms with Crippen molar-refractivity contribution in [2.24, 2.45) is 0 Å². The van der Waals surface area contributed by atoms with Crippen LogP contribution in [0.5, 0.6) is 0 Å². The highest BCUT2D eigenvalue weighted by Crippen LogP contribution is 2.18. The SMILES string of the molecule is CC[C@H](CNC(=O)C[NH+]1CCN(S(=O)(=O)c2ccccc2)CC1)c1ccccc1. The van der Waals surface area contributed by atoms with E-state index >= 15 is 0 Å². The molecule has 29 heavy (non-hydrogen) atoms. The van der Waals surface area contributed by atoms with Gasteiger partial charge in [0.2, 0.25) is 10.0 Å². The number of rotatable bonds is 8. The molecule has 1 atom stereocenters. The molecule has 0 aromatic heterocycles. The summed E-state index contributed by atoms with van der Waals surface area (Å²) in [6.45, 7) is 5.26. The highest BCUT2D eigenvalue weighted by molar-refractivity contribution is 7.89. The Bertz CT molecular complexity index is 880. The van der Waals surface area contributed by atoms with Crippen molar-refractivity contribution >= 4 is 15.9 Å². The molecular formula is C22H30N3O3S+. The van der Waals surface area contributed by atoms with Gasteiger partial charge in [-0.25, -0.2) is 8.42 Å². The van der Waals surface area contributed by atoms with Gasteiger partial charge >= 0.3 is 0 Å². The van der Waals surface area contributed by atoms with Crippen LogP contribution in [0, 0.1) is 0 Å². The van der Waals surface area contributed by atoms with Gasteiger partial charge in [0.15, 0.2) is 6.54 Å². The molecule has 1 aliphatic rings. The van der Waals surface area contributed by atoms with Crippen LogP contribution in [0.2, 0.25) is 0 Å². The molecule has 0 spiro atoms. The summed E-state index contributed by atoms with van der Waals surface area (Å²) in [4.78, 5) is 13.8. The first-order chi connectivity index (χ1) is 14.0. The minimum absolute atomic E-state index is 0.0220. The number of hydrogen-bond acceptors (Lipinski definition) is 3. The van der Waals surface area contributed by atoms with E-state index in [-0.39, 0.29) is 5.91 Å². The molecule has 0 saturated carbocycles. The monoisotopic (exact) mass is 416 g/mol. The maximum atomic E-state index is 12.7. The molecule has 156 valence electrons. The summed E-state index contributed by atoms with van der Waals surface area (Å²) in [7, 11) is -3.45. The lowest BCUT2D eigenvalue weighted by Gasteiger charge is -2.31. The summed E-state index contributed by atoms with van der Waals surface area (Å²) >= 11 is 0. The molecule has 0 aliphatic carbocycles. The molecule has 1 fully saturated rings. The number of hydrogen-bond donors (Lipinski definition) is 2. The van der Waals surface area contributed by atoms with Gasteiger partial charge in [-0.05, 0) is 24.1 Å². The van der Waals surface area contributed by atoms with Crippen molar-refractivity contribution < 1.29 is 18.1 Å². The lowest BCUT2D eigenvalue weighted by molar-refractivity contribution is -0.895. The highest BCUT2D eigenvalue weighted by atomic mass is 32.2. The summed E-state index contributed by atoms with van der Waals surface area (Å²) in [5.74, 6) is 0.330. The van der Waals surface area contributed by atoms with E-state index in [9.17, 15) is 13.2 Å². The lowest BCUT2D eigenvalue weighted by atomic mass is 9.96. The second-order valence-corrected chi connectivity index (χ2v) is 9.40. The van der Waals surface area contributed by atoms with Crippen LogP contribution >= 0.6 is 0 Å². The molecule has 2 aromatic rings. The molecule has 6 nitrogen and oxygen atoms in total. The zero-order chi connectivity index (χ0) is 20.7. The number of sulfonamides is 1. The smallest absolute Gasteiger partial charge is 0.275 e. The molecule has 2 N–H and O–H groups in total. The molecule has 3 rings (SSSR count). The fourth-order valence-electron chi connectivity index (χ4n) is 3.71. The molecular weight excluding hydrogens is 386 g/mol. The predicted molar refractivity (Wildman–Crippen MR) is 113 cm³/mol. The van der Waals surface area contributed by atoms with Crippen LogP contribution in [0.3, 0.4) is 0 Å². The second-order valence-electron chi connectivity index (χ2n) is 7.46. The molecule has 7 heteroatoms. The highest BCUT2D eigenvalue weighted by Gasteiger charge is 2.31. The zero-order valence-corrected chi connectivity index (χ0v) is 17.7. The van der Waals surface area contributed by atoms with Crippen LogP contribution in [-0.4, -0.2) is 57.9 Å². The molecule has 1 heterocycles. The van der Waals surface area contributed by atoms with Gasteiger partial charge < -0.3 is 10.2 Å². The van der Waals surface area contributed by atoms with Crippen LogP contribution in [0.1, 0.15) is 24.8 Å². The standard InChI is InChI=1S/C22H29N3O3S/c1-2-19(20-9-5-3-6-10-20)17-23-22(26)18-24-13-15-25(16-14-24)29(27,28)21-11-7-4-8-12-21/h3-12,19H,2,13-18H2,1H3,(H,23,26)/p+1/t19-/m1/s1. The average Bonchev–Trinajstić information content (AvgIpc) is 2.76. The Labute approximate surface area is 173 Å². The molecule has 1 amide bonds. The number of piperazine rings is 1. The van der Waals surface area contributed by atoms with E-state index in [4.69, 9.17) is 0 Å². The van der Waals surface area contributed by atoms with Crippen molar-refractivity contribution in [3.63, 3.8) is 0 Å². The van der Waals surface area contributed by atoms with Gasteiger partial charge in [-0.15, -0.1) is 0 Å². The van der Waals surface area contributed by atoms with E-state index in [1.807, 2.05) is 18.2 Å². The number of quaternary nitrogens is 1. The first-order valence-electron chi connectivity index (χ1n) is 10.2. The second kappa shape index (κ2) is 10.0. The van der Waals surface area contributed by atoms with Crippen LogP contribution in [0.15, 0.2) is 65.6 Å². The van der Waals surface area contributed by atoms with E-state index in [1.165, 1.54) is 9.87 Å². The van der Waals surface area contributed by atoms with E-state index < -0.39 is 10.0 Å². The van der Waals surface area contributed by atoms with Crippen LogP contribution in [-0.2, 0) is 14.8 Å². The Morgan fingerprint density at radius 3 is 2.21 bits per heavy atom. The Balaban J connectivity index is 1.46. The fourth-order valence-corrected chi connectivity index (χ4v) is 5.17. The summed E-state index contributed by atoms with van der Waals surface area (Å²) in [6.07, 6.45) is 0.965. The third-order valence-electron chi connectivity index (χ3n) is 5.53. The zero-order valence-electron chi connectivity index (χ0n) is 16.9. The maximum absolute atomic E-state index is 12.7. The number of carbonyl (C=O) groups excluding carboxylic acids is 1. The molecule has 0 radical (unpaired) electrons. The van der Waals surface area contributed by atoms with E-state index in [0.29, 0.717) is 50.1 Å². The Morgan fingerprint density at radius 1 is 1.03 bits per heavy atom. The van der Waals surface area contributed by atoms with Gasteiger partial charge in [-0.3, -0.25) is 4.79 Å². The summed E-state index contributed by atoms with van der Waals surface area (Å²) in [5, 5.41) is 3.06. The van der Waals surface area contributed by atoms with Crippen molar-refractivity contribution in [1.29, 1.82) is 0 Å². The van der Waals surface area contributed by atoms with Gasteiger partial charge in [0.25, 0.3) is 5.91 Å². The first kappa shape index (κ1) is 21.5. The van der Waals surface area contributed by atoms with Gasteiger partial charge in [-0.1, -0.05) is 55.5 Å². The minimum atomic E-state index is -3.45. The number of amides is 1. The third-order valence-corrected chi connectivity index (χ3v) is 7.44. The average molecular weight is 417 g/mol. The summed E-state index contributed by atoms with van der Waals surface area (Å²) in [5.41, 5.74) is 1.24. The number of carbonyl (C=O) groups is 1. The molecule has 0 unspecified atom stereocenters. The van der Waals surface area contributed by atoms with Crippen molar-refractivity contribution in [3.8, 4) is 0 Å². The minimum Gasteiger partial charge on any atom is -0.351 e. The van der Waals surface area contributed by atoms with E-state index in [0.717, 1.165) is 11.3 Å². The lowest BCUT2D eigenvalue weighted by Crippen LogP contribution is -3.15. The van der Waals surface area contributed by atoms with Gasteiger partial charge in [0.05, 0.1) is 31.1 Å². The number of nitrogens with one attached hydrogen (secondary N) is 2. The molecule has 1 saturated heterocycles. The van der Waals surface area contributed by atoms with Crippen LogP contribution < -0.4 is 10.2 Å². The van der Waals surface area contributed by atoms with E-state index in [1.54, 1.807) is 30.3 Å². The Morgan fingerprint density at radius 2 is 1.62 bits per heavy atom. The number of nitrogens with zero attached hydrogens (tertiary/aromatic N) is 1. The van der Waals surface area contributed by atoms with Gasteiger partial charge in [0, 0.05) is 12.5 Å². The van der Waals surface area contributed by atoms with Crippen molar-refractivity contribution in [2.45, 2.75) is 24.2 Å². The Kier molecular flexibility index (Phi) is 7.41. The van der Waals surface area contributed by atoms with Crippen molar-refractivity contribution in [2.75, 3.05) is 39.3 Å². The van der Waals surface area contributed by atoms with E-state index in [2.05, 4.69) is 24.4 Å². The van der Waals surface area contributed by atoms with Gasteiger partial charge in [0.1, 0.15) is 0 Å². The molecule has 1 aliphatic heterocycles. The van der Waals surface area contributed by atoms with Gasteiger partial charge in [-0.2, -0.15) is 4.31 Å². The Hall–Kier alpha value is -2.22. The topological polar surface area (TPSA) is 70.9 Å². The first-order valence-corrected chi connectivity index (χ1v) is 11.6. The van der Waals surface area contributed by atoms with Crippen molar-refractivity contribution in [3.05, 3.63) is 66.2 Å². The summed E-state index contributed by atoms with van der Waals surface area (Å²) in [6, 6.07) is 18.7. The molecule has 2 aromatic carbocycles. The van der Waals surface area contributed by atoms with Crippen LogP contribution in [0.25, 0.3) is 0 Å². The largest absolute Gasteiger partial charge is 0.351 e. The third kappa shape index (κ3) is 5.65. The normalized spacial score (nSPS) is 17.0.